The molecule has 0 amide bonds. The Bertz CT molecular complexity index is 293. The van der Waals surface area contributed by atoms with Crippen molar-refractivity contribution in [1.82, 2.24) is 15.1 Å². The number of hydrogen-bond acceptors (Lipinski definition) is 2. The minimum Gasteiger partial charge on any atom is -0.362 e. The minimum absolute atomic E-state index is 0.654. The molecule has 104 valence electrons. The van der Waals surface area contributed by atoms with Crippen molar-refractivity contribution in [1.29, 1.82) is 0 Å². The van der Waals surface area contributed by atoms with E-state index in [1.807, 2.05) is 0 Å². The van der Waals surface area contributed by atoms with Crippen LogP contribution in [0.25, 0.3) is 0 Å². The van der Waals surface area contributed by atoms with Gasteiger partial charge in [-0.05, 0) is 56.9 Å². The molecule has 2 aliphatic rings. The zero-order valence-corrected chi connectivity index (χ0v) is 12.8. The number of nitrogens with one attached hydrogen (secondary N) is 1. The maximum Gasteiger partial charge on any atom is 0.168 e. The molecule has 2 aliphatic heterocycles. The molecule has 0 aromatic heterocycles. The topological polar surface area (TPSA) is 18.5 Å². The van der Waals surface area contributed by atoms with E-state index in [0.29, 0.717) is 5.92 Å². The maximum atomic E-state index is 5.52. The molecule has 3 nitrogen and oxygen atoms in total. The fraction of sp³-hybridized carbons (Fsp3) is 0.929. The van der Waals surface area contributed by atoms with Crippen LogP contribution < -0.4 is 5.32 Å². The average molecular weight is 269 g/mol. The molecule has 0 spiro atoms. The van der Waals surface area contributed by atoms with Crippen LogP contribution in [0.15, 0.2) is 0 Å². The van der Waals surface area contributed by atoms with E-state index < -0.39 is 0 Å². The van der Waals surface area contributed by atoms with Gasteiger partial charge in [-0.2, -0.15) is 0 Å². The average Bonchev–Trinajstić information content (AvgIpc) is 2.35. The van der Waals surface area contributed by atoms with Gasteiger partial charge in [-0.1, -0.05) is 13.8 Å². The molecule has 2 rings (SSSR count). The smallest absolute Gasteiger partial charge is 0.168 e. The van der Waals surface area contributed by atoms with Crippen molar-refractivity contribution in [3.8, 4) is 0 Å². The van der Waals surface area contributed by atoms with E-state index in [1.54, 1.807) is 0 Å². The third-order valence-electron chi connectivity index (χ3n) is 4.29. The fourth-order valence-electron chi connectivity index (χ4n) is 3.24. The van der Waals surface area contributed by atoms with Crippen LogP contribution in [0.5, 0.6) is 0 Å². The molecule has 0 aromatic rings. The SMILES string of the molecule is CC(C)CNC(=S)N1CCC2C(CCCN2C)C1. The number of fused-ring (bicyclic) bond motifs is 1. The Morgan fingerprint density at radius 1 is 1.33 bits per heavy atom. The lowest BCUT2D eigenvalue weighted by Gasteiger charge is -2.46. The molecule has 0 aromatic carbocycles. The van der Waals surface area contributed by atoms with Crippen LogP contribution >= 0.6 is 12.2 Å². The van der Waals surface area contributed by atoms with E-state index in [2.05, 4.69) is 36.0 Å². The van der Waals surface area contributed by atoms with Crippen molar-refractivity contribution in [3.63, 3.8) is 0 Å². The van der Waals surface area contributed by atoms with Crippen LogP contribution in [0.1, 0.15) is 33.1 Å². The highest BCUT2D eigenvalue weighted by atomic mass is 32.1. The summed E-state index contributed by atoms with van der Waals surface area (Å²) in [5.41, 5.74) is 0. The maximum absolute atomic E-state index is 5.52. The molecule has 18 heavy (non-hydrogen) atoms. The number of likely N-dealkylation sites (tertiary alicyclic amines) is 2. The summed E-state index contributed by atoms with van der Waals surface area (Å²) >= 11 is 5.52. The number of piperidine rings is 2. The van der Waals surface area contributed by atoms with Gasteiger partial charge in [0.25, 0.3) is 0 Å². The van der Waals surface area contributed by atoms with Gasteiger partial charge in [0.2, 0.25) is 0 Å². The first kappa shape index (κ1) is 14.1. The molecule has 0 saturated carbocycles. The Balaban J connectivity index is 1.84. The molecule has 2 fully saturated rings. The van der Waals surface area contributed by atoms with E-state index >= 15 is 0 Å². The Labute approximate surface area is 117 Å². The molecular formula is C14H27N3S. The summed E-state index contributed by atoms with van der Waals surface area (Å²) in [6, 6.07) is 0.794. The van der Waals surface area contributed by atoms with Crippen molar-refractivity contribution in [2.75, 3.05) is 33.2 Å². The minimum atomic E-state index is 0.654. The molecule has 0 radical (unpaired) electrons. The molecule has 2 atom stereocenters. The largest absolute Gasteiger partial charge is 0.362 e. The van der Waals surface area contributed by atoms with Gasteiger partial charge >= 0.3 is 0 Å². The lowest BCUT2D eigenvalue weighted by atomic mass is 9.84. The Kier molecular flexibility index (Phi) is 4.84. The molecule has 0 bridgehead atoms. The summed E-state index contributed by atoms with van der Waals surface area (Å²) in [7, 11) is 2.28. The highest BCUT2D eigenvalue weighted by Crippen LogP contribution is 2.29. The standard InChI is InChI=1S/C14H27N3S/c1-11(2)9-15-14(18)17-8-6-13-12(10-17)5-4-7-16(13)3/h11-13H,4-10H2,1-3H3,(H,15,18). The predicted octanol–water partition coefficient (Wildman–Crippen LogP) is 1.93. The van der Waals surface area contributed by atoms with Crippen LogP contribution in [0.3, 0.4) is 0 Å². The third kappa shape index (κ3) is 3.35. The number of thiocarbonyl (C=S) groups is 1. The van der Waals surface area contributed by atoms with E-state index in [-0.39, 0.29) is 0 Å². The summed E-state index contributed by atoms with van der Waals surface area (Å²) in [6.07, 6.45) is 3.99. The van der Waals surface area contributed by atoms with Gasteiger partial charge in [-0.25, -0.2) is 0 Å². The molecular weight excluding hydrogens is 242 g/mol. The number of rotatable bonds is 2. The van der Waals surface area contributed by atoms with Gasteiger partial charge in [0.1, 0.15) is 0 Å². The summed E-state index contributed by atoms with van der Waals surface area (Å²) in [4.78, 5) is 4.94. The highest BCUT2D eigenvalue weighted by Gasteiger charge is 2.34. The first-order valence-electron chi connectivity index (χ1n) is 7.31. The molecule has 2 heterocycles. The summed E-state index contributed by atoms with van der Waals surface area (Å²) in [6.45, 7) is 8.98. The second kappa shape index (κ2) is 6.20. The summed E-state index contributed by atoms with van der Waals surface area (Å²) in [5.74, 6) is 1.47. The first-order valence-corrected chi connectivity index (χ1v) is 7.71. The zero-order valence-electron chi connectivity index (χ0n) is 12.0. The monoisotopic (exact) mass is 269 g/mol. The van der Waals surface area contributed by atoms with Crippen molar-refractivity contribution in [3.05, 3.63) is 0 Å². The van der Waals surface area contributed by atoms with Crippen LogP contribution in [-0.2, 0) is 0 Å². The Hall–Kier alpha value is -0.350. The van der Waals surface area contributed by atoms with Gasteiger partial charge in [-0.3, -0.25) is 0 Å². The first-order chi connectivity index (χ1) is 8.58. The fourth-order valence-corrected chi connectivity index (χ4v) is 3.49. The van der Waals surface area contributed by atoms with Gasteiger partial charge in [0.05, 0.1) is 0 Å². The van der Waals surface area contributed by atoms with Crippen LogP contribution in [0.4, 0.5) is 0 Å². The second-order valence-corrected chi connectivity index (χ2v) is 6.65. The lowest BCUT2D eigenvalue weighted by molar-refractivity contribution is 0.0629. The second-order valence-electron chi connectivity index (χ2n) is 6.26. The predicted molar refractivity (Wildman–Crippen MR) is 80.8 cm³/mol. The van der Waals surface area contributed by atoms with E-state index in [0.717, 1.165) is 36.7 Å². The van der Waals surface area contributed by atoms with Gasteiger partial charge in [0.15, 0.2) is 5.11 Å². The number of nitrogens with zero attached hydrogens (tertiary/aromatic N) is 2. The Morgan fingerprint density at radius 3 is 2.83 bits per heavy atom. The van der Waals surface area contributed by atoms with Gasteiger partial charge < -0.3 is 15.1 Å². The number of hydrogen-bond donors (Lipinski definition) is 1. The van der Waals surface area contributed by atoms with Crippen molar-refractivity contribution < 1.29 is 0 Å². The van der Waals surface area contributed by atoms with E-state index in [4.69, 9.17) is 12.2 Å². The van der Waals surface area contributed by atoms with Gasteiger partial charge in [0, 0.05) is 25.7 Å². The van der Waals surface area contributed by atoms with E-state index in [9.17, 15) is 0 Å². The van der Waals surface area contributed by atoms with Crippen molar-refractivity contribution in [2.24, 2.45) is 11.8 Å². The van der Waals surface area contributed by atoms with Gasteiger partial charge in [-0.15, -0.1) is 0 Å². The molecule has 2 saturated heterocycles. The lowest BCUT2D eigenvalue weighted by Crippen LogP contribution is -2.55. The molecule has 4 heteroatoms. The highest BCUT2D eigenvalue weighted by molar-refractivity contribution is 7.80. The molecule has 1 N–H and O–H groups in total. The normalized spacial score (nSPS) is 29.2. The molecule has 2 unspecified atom stereocenters. The van der Waals surface area contributed by atoms with E-state index in [1.165, 1.54) is 25.8 Å². The third-order valence-corrected chi connectivity index (χ3v) is 4.70. The summed E-state index contributed by atoms with van der Waals surface area (Å²) < 4.78 is 0. The quantitative estimate of drug-likeness (QED) is 0.772. The molecule has 0 aliphatic carbocycles. The van der Waals surface area contributed by atoms with Crippen molar-refractivity contribution >= 4 is 17.3 Å². The summed E-state index contributed by atoms with van der Waals surface area (Å²) in [5, 5.41) is 4.37. The van der Waals surface area contributed by atoms with Crippen LogP contribution in [0.2, 0.25) is 0 Å². The zero-order chi connectivity index (χ0) is 13.1. The van der Waals surface area contributed by atoms with Crippen molar-refractivity contribution in [2.45, 2.75) is 39.2 Å². The van der Waals surface area contributed by atoms with Crippen LogP contribution in [-0.4, -0.2) is 54.2 Å². The Morgan fingerprint density at radius 2 is 2.11 bits per heavy atom. The van der Waals surface area contributed by atoms with Crippen LogP contribution in [0, 0.1) is 11.8 Å².